The molecule has 0 amide bonds. The summed E-state index contributed by atoms with van der Waals surface area (Å²) in [5.41, 5.74) is 0. The fourth-order valence-corrected chi connectivity index (χ4v) is 2.33. The molecule has 1 aliphatic rings. The van der Waals surface area contributed by atoms with Crippen molar-refractivity contribution in [3.8, 4) is 0 Å². The van der Waals surface area contributed by atoms with Gasteiger partial charge in [0.25, 0.3) is 0 Å². The molecule has 0 aromatic rings. The number of alkyl halides is 1. The number of aliphatic hydroxyl groups is 1. The van der Waals surface area contributed by atoms with E-state index in [9.17, 15) is 13.5 Å². The fourth-order valence-electron chi connectivity index (χ4n) is 1.34. The third-order valence-electron chi connectivity index (χ3n) is 1.95. The second-order valence-corrected chi connectivity index (χ2v) is 5.28. The quantitative estimate of drug-likeness (QED) is 0.650. The Bertz CT molecular complexity index is 241. The van der Waals surface area contributed by atoms with Gasteiger partial charge in [-0.1, -0.05) is 0 Å². The molecule has 12 heavy (non-hydrogen) atoms. The van der Waals surface area contributed by atoms with Crippen LogP contribution in [0.3, 0.4) is 0 Å². The van der Waals surface area contributed by atoms with Crippen LogP contribution in [0, 0.1) is 0 Å². The molecule has 4 nitrogen and oxygen atoms in total. The Morgan fingerprint density at radius 2 is 2.17 bits per heavy atom. The molecule has 1 fully saturated rings. The summed E-state index contributed by atoms with van der Waals surface area (Å²) in [4.78, 5) is 0. The third kappa shape index (κ3) is 2.58. The molecule has 1 saturated carbocycles. The van der Waals surface area contributed by atoms with E-state index in [0.717, 1.165) is 6.42 Å². The van der Waals surface area contributed by atoms with E-state index in [4.69, 9.17) is 11.6 Å². The Morgan fingerprint density at radius 1 is 1.50 bits per heavy atom. The highest BCUT2D eigenvalue weighted by Crippen LogP contribution is 2.19. The third-order valence-corrected chi connectivity index (χ3v) is 3.77. The van der Waals surface area contributed by atoms with Crippen molar-refractivity contribution in [3.63, 3.8) is 0 Å². The molecule has 1 aliphatic carbocycles. The predicted octanol–water partition coefficient (Wildman–Crippen LogP) is 0.0155. The maximum atomic E-state index is 10.9. The molecule has 0 heterocycles. The maximum absolute atomic E-state index is 10.9. The SMILES string of the molecule is O=S(=O)(CCl)NC1CCCC1O. The van der Waals surface area contributed by atoms with Crippen LogP contribution in [0.2, 0.25) is 0 Å². The molecule has 2 N–H and O–H groups in total. The summed E-state index contributed by atoms with van der Waals surface area (Å²) in [7, 11) is -3.38. The zero-order valence-electron chi connectivity index (χ0n) is 6.53. The molecular weight excluding hydrogens is 202 g/mol. The van der Waals surface area contributed by atoms with Crippen LogP contribution in [0.25, 0.3) is 0 Å². The van der Waals surface area contributed by atoms with Gasteiger partial charge >= 0.3 is 0 Å². The average molecular weight is 214 g/mol. The van der Waals surface area contributed by atoms with Crippen LogP contribution in [-0.4, -0.2) is 30.9 Å². The highest BCUT2D eigenvalue weighted by Gasteiger charge is 2.28. The summed E-state index contributed by atoms with van der Waals surface area (Å²) in [6.07, 6.45) is 1.66. The van der Waals surface area contributed by atoms with Crippen LogP contribution in [0.5, 0.6) is 0 Å². The smallest absolute Gasteiger partial charge is 0.225 e. The van der Waals surface area contributed by atoms with Crippen molar-refractivity contribution in [2.75, 3.05) is 5.21 Å². The normalized spacial score (nSPS) is 30.8. The number of nitrogens with one attached hydrogen (secondary N) is 1. The zero-order valence-corrected chi connectivity index (χ0v) is 8.11. The first-order valence-corrected chi connectivity index (χ1v) is 5.98. The molecule has 0 spiro atoms. The van der Waals surface area contributed by atoms with Gasteiger partial charge in [-0.05, 0) is 19.3 Å². The van der Waals surface area contributed by atoms with Crippen molar-refractivity contribution in [1.82, 2.24) is 4.72 Å². The minimum Gasteiger partial charge on any atom is -0.391 e. The van der Waals surface area contributed by atoms with Gasteiger partial charge in [-0.2, -0.15) is 0 Å². The van der Waals surface area contributed by atoms with E-state index in [0.29, 0.717) is 12.8 Å². The van der Waals surface area contributed by atoms with Crippen LogP contribution in [-0.2, 0) is 10.0 Å². The number of halogens is 1. The summed E-state index contributed by atoms with van der Waals surface area (Å²) >= 11 is 5.19. The maximum Gasteiger partial charge on any atom is 0.225 e. The Kier molecular flexibility index (Phi) is 3.34. The fraction of sp³-hybridized carbons (Fsp3) is 1.00. The van der Waals surface area contributed by atoms with E-state index in [1.807, 2.05) is 0 Å². The molecule has 6 heteroatoms. The number of aliphatic hydroxyl groups excluding tert-OH is 1. The molecule has 2 atom stereocenters. The van der Waals surface area contributed by atoms with Crippen LogP contribution in [0.1, 0.15) is 19.3 Å². The van der Waals surface area contributed by atoms with Crippen molar-refractivity contribution < 1.29 is 13.5 Å². The first kappa shape index (κ1) is 10.2. The Balaban J connectivity index is 2.51. The molecule has 0 bridgehead atoms. The van der Waals surface area contributed by atoms with Gasteiger partial charge in [0, 0.05) is 6.04 Å². The summed E-state index contributed by atoms with van der Waals surface area (Å²) in [6.45, 7) is 0. The van der Waals surface area contributed by atoms with Crippen LogP contribution < -0.4 is 4.72 Å². The minimum absolute atomic E-state index is 0.339. The van der Waals surface area contributed by atoms with Crippen molar-refractivity contribution >= 4 is 21.6 Å². The van der Waals surface area contributed by atoms with Crippen LogP contribution in [0.15, 0.2) is 0 Å². The van der Waals surface area contributed by atoms with Gasteiger partial charge in [-0.3, -0.25) is 0 Å². The lowest BCUT2D eigenvalue weighted by Crippen LogP contribution is -2.40. The Labute approximate surface area is 77.0 Å². The first-order valence-electron chi connectivity index (χ1n) is 3.79. The van der Waals surface area contributed by atoms with E-state index in [2.05, 4.69) is 4.72 Å². The standard InChI is InChI=1S/C6H12ClNO3S/c7-4-12(10,11)8-5-2-1-3-6(5)9/h5-6,8-9H,1-4H2. The van der Waals surface area contributed by atoms with Gasteiger partial charge in [0.2, 0.25) is 10.0 Å². The molecule has 72 valence electrons. The van der Waals surface area contributed by atoms with Crippen molar-refractivity contribution in [3.05, 3.63) is 0 Å². The summed E-state index contributed by atoms with van der Waals surface area (Å²) < 4.78 is 24.2. The molecule has 0 aliphatic heterocycles. The lowest BCUT2D eigenvalue weighted by atomic mass is 10.2. The average Bonchev–Trinajstić information content (AvgIpc) is 2.36. The predicted molar refractivity (Wildman–Crippen MR) is 46.4 cm³/mol. The summed E-state index contributed by atoms with van der Waals surface area (Å²) in [5, 5.41) is 8.83. The molecule has 2 unspecified atom stereocenters. The second kappa shape index (κ2) is 3.91. The topological polar surface area (TPSA) is 66.4 Å². The lowest BCUT2D eigenvalue weighted by molar-refractivity contribution is 0.159. The van der Waals surface area contributed by atoms with E-state index >= 15 is 0 Å². The number of rotatable bonds is 3. The monoisotopic (exact) mass is 213 g/mol. The van der Waals surface area contributed by atoms with Crippen molar-refractivity contribution in [2.24, 2.45) is 0 Å². The highest BCUT2D eigenvalue weighted by molar-refractivity contribution is 7.90. The molecular formula is C6H12ClNO3S. The van der Waals surface area contributed by atoms with E-state index < -0.39 is 21.3 Å². The lowest BCUT2D eigenvalue weighted by Gasteiger charge is -2.14. The van der Waals surface area contributed by atoms with Gasteiger partial charge in [0.05, 0.1) is 6.10 Å². The van der Waals surface area contributed by atoms with Gasteiger partial charge in [-0.25, -0.2) is 13.1 Å². The highest BCUT2D eigenvalue weighted by atomic mass is 35.5. The summed E-state index contributed by atoms with van der Waals surface area (Å²) in [6, 6.07) is -0.339. The minimum atomic E-state index is -3.38. The van der Waals surface area contributed by atoms with Gasteiger partial charge in [0.15, 0.2) is 0 Å². The van der Waals surface area contributed by atoms with E-state index in [1.165, 1.54) is 0 Å². The number of hydrogen-bond donors (Lipinski definition) is 2. The molecule has 0 aromatic carbocycles. The van der Waals surface area contributed by atoms with Crippen LogP contribution >= 0.6 is 11.6 Å². The molecule has 0 aromatic heterocycles. The van der Waals surface area contributed by atoms with Gasteiger partial charge in [0.1, 0.15) is 5.21 Å². The van der Waals surface area contributed by atoms with E-state index in [-0.39, 0.29) is 6.04 Å². The Morgan fingerprint density at radius 3 is 2.58 bits per heavy atom. The molecule has 0 saturated heterocycles. The zero-order chi connectivity index (χ0) is 9.19. The first-order chi connectivity index (χ1) is 5.55. The van der Waals surface area contributed by atoms with Crippen molar-refractivity contribution in [1.29, 1.82) is 0 Å². The second-order valence-electron chi connectivity index (χ2n) is 2.95. The van der Waals surface area contributed by atoms with Crippen LogP contribution in [0.4, 0.5) is 0 Å². The summed E-state index contributed by atoms with van der Waals surface area (Å²) in [5.74, 6) is 0. The molecule has 0 radical (unpaired) electrons. The Hall–Kier alpha value is 0.160. The number of hydrogen-bond acceptors (Lipinski definition) is 3. The number of sulfonamides is 1. The van der Waals surface area contributed by atoms with Gasteiger partial charge in [-0.15, -0.1) is 11.6 Å². The van der Waals surface area contributed by atoms with Gasteiger partial charge < -0.3 is 5.11 Å². The molecule has 1 rings (SSSR count). The largest absolute Gasteiger partial charge is 0.391 e. The van der Waals surface area contributed by atoms with Crippen molar-refractivity contribution in [2.45, 2.75) is 31.4 Å². The van der Waals surface area contributed by atoms with E-state index in [1.54, 1.807) is 0 Å².